The number of carbonyl (C=O) groups excluding carboxylic acids is 2. The van der Waals surface area contributed by atoms with E-state index in [1.807, 2.05) is 49.6 Å². The highest BCUT2D eigenvalue weighted by atomic mass is 79.9. The van der Waals surface area contributed by atoms with Crippen LogP contribution in [0.2, 0.25) is 0 Å². The van der Waals surface area contributed by atoms with E-state index in [0.29, 0.717) is 5.69 Å². The normalized spacial score (nSPS) is 14.4. The van der Waals surface area contributed by atoms with Crippen LogP contribution in [0.1, 0.15) is 43.7 Å². The van der Waals surface area contributed by atoms with Crippen LogP contribution in [0.4, 0.5) is 5.69 Å². The minimum absolute atomic E-state index is 0.0927. The number of halogens is 1. The van der Waals surface area contributed by atoms with Crippen LogP contribution in [0.25, 0.3) is 0 Å². The molecule has 0 radical (unpaired) electrons. The second kappa shape index (κ2) is 13.9. The van der Waals surface area contributed by atoms with Gasteiger partial charge in [0.2, 0.25) is 11.8 Å². The Bertz CT molecular complexity index is 1440. The number of nitrogens with zero attached hydrogens (tertiary/aromatic N) is 2. The van der Waals surface area contributed by atoms with Crippen LogP contribution in [0, 0.1) is 6.92 Å². The molecular formula is C31H36BrN3O4S2. The summed E-state index contributed by atoms with van der Waals surface area (Å²) in [5.74, 6) is -0.702. The van der Waals surface area contributed by atoms with Crippen molar-refractivity contribution in [2.45, 2.75) is 68.0 Å². The van der Waals surface area contributed by atoms with E-state index in [1.54, 1.807) is 43.3 Å². The fourth-order valence-electron chi connectivity index (χ4n) is 4.88. The van der Waals surface area contributed by atoms with Crippen LogP contribution in [0.3, 0.4) is 0 Å². The summed E-state index contributed by atoms with van der Waals surface area (Å²) in [5.41, 5.74) is 2.18. The van der Waals surface area contributed by atoms with Gasteiger partial charge in [0.1, 0.15) is 12.6 Å². The molecule has 3 aromatic carbocycles. The van der Waals surface area contributed by atoms with Crippen LogP contribution >= 0.6 is 27.7 Å². The predicted octanol–water partition coefficient (Wildman–Crippen LogP) is 6.15. The Morgan fingerprint density at radius 1 is 0.976 bits per heavy atom. The number of sulfonamides is 1. The van der Waals surface area contributed by atoms with Crippen molar-refractivity contribution >= 4 is 55.2 Å². The molecule has 10 heteroatoms. The summed E-state index contributed by atoms with van der Waals surface area (Å²) in [5, 5.41) is 3.09. The summed E-state index contributed by atoms with van der Waals surface area (Å²) >= 11 is 4.96. The maximum absolute atomic E-state index is 14.1. The van der Waals surface area contributed by atoms with E-state index >= 15 is 0 Å². The number of rotatable bonds is 11. The van der Waals surface area contributed by atoms with Gasteiger partial charge in [-0.3, -0.25) is 13.9 Å². The monoisotopic (exact) mass is 657 g/mol. The lowest BCUT2D eigenvalue weighted by atomic mass is 10.1. The fraction of sp³-hybridized carbons (Fsp3) is 0.355. The summed E-state index contributed by atoms with van der Waals surface area (Å²) in [7, 11) is -4.09. The highest BCUT2D eigenvalue weighted by Crippen LogP contribution is 2.27. The predicted molar refractivity (Wildman–Crippen MR) is 168 cm³/mol. The molecular weight excluding hydrogens is 622 g/mol. The molecule has 7 nitrogen and oxygen atoms in total. The third kappa shape index (κ3) is 7.93. The van der Waals surface area contributed by atoms with E-state index in [-0.39, 0.29) is 23.4 Å². The molecule has 1 saturated carbocycles. The zero-order chi connectivity index (χ0) is 29.6. The van der Waals surface area contributed by atoms with Gasteiger partial charge < -0.3 is 10.2 Å². The Hall–Kier alpha value is -2.82. The van der Waals surface area contributed by atoms with E-state index in [1.165, 1.54) is 16.7 Å². The average Bonchev–Trinajstić information content (AvgIpc) is 3.48. The van der Waals surface area contributed by atoms with E-state index in [0.717, 1.165) is 50.5 Å². The van der Waals surface area contributed by atoms with E-state index < -0.39 is 28.5 Å². The van der Waals surface area contributed by atoms with Crippen LogP contribution in [-0.2, 0) is 26.2 Å². The van der Waals surface area contributed by atoms with Crippen molar-refractivity contribution in [1.29, 1.82) is 0 Å². The van der Waals surface area contributed by atoms with E-state index in [2.05, 4.69) is 21.2 Å². The first kappa shape index (κ1) is 31.1. The topological polar surface area (TPSA) is 86.8 Å². The quantitative estimate of drug-likeness (QED) is 0.250. The fourth-order valence-corrected chi connectivity index (χ4v) is 6.96. The SMILES string of the molecule is CSc1ccc(S(=O)(=O)N(CC(=O)N(Cc2ccc(Br)cc2)[C@@H](C)C(=O)NC2CCCC2)c2ccc(C)cc2)cc1. The molecule has 1 fully saturated rings. The molecule has 41 heavy (non-hydrogen) atoms. The van der Waals surface area contributed by atoms with Gasteiger partial charge >= 0.3 is 0 Å². The molecule has 0 heterocycles. The molecule has 0 saturated heterocycles. The molecule has 0 aliphatic heterocycles. The van der Waals surface area contributed by atoms with Crippen molar-refractivity contribution in [3.05, 3.63) is 88.4 Å². The van der Waals surface area contributed by atoms with Gasteiger partial charge in [-0.2, -0.15) is 0 Å². The lowest BCUT2D eigenvalue weighted by Crippen LogP contribution is -2.52. The minimum Gasteiger partial charge on any atom is -0.352 e. The first-order valence-corrected chi connectivity index (χ1v) is 17.1. The minimum atomic E-state index is -4.09. The van der Waals surface area contributed by atoms with Crippen molar-refractivity contribution in [2.24, 2.45) is 0 Å². The smallest absolute Gasteiger partial charge is 0.264 e. The van der Waals surface area contributed by atoms with Crippen LogP contribution in [-0.4, -0.2) is 50.0 Å². The number of aryl methyl sites for hydroxylation is 1. The second-order valence-electron chi connectivity index (χ2n) is 10.3. The first-order valence-electron chi connectivity index (χ1n) is 13.7. The molecule has 4 rings (SSSR count). The lowest BCUT2D eigenvalue weighted by Gasteiger charge is -2.32. The third-order valence-electron chi connectivity index (χ3n) is 7.38. The van der Waals surface area contributed by atoms with Gasteiger partial charge in [0.15, 0.2) is 0 Å². The van der Waals surface area contributed by atoms with E-state index in [4.69, 9.17) is 0 Å². The molecule has 0 bridgehead atoms. The van der Waals surface area contributed by atoms with Gasteiger partial charge in [0.25, 0.3) is 10.0 Å². The maximum atomic E-state index is 14.1. The number of anilines is 1. The van der Waals surface area contributed by atoms with Crippen molar-refractivity contribution in [3.8, 4) is 0 Å². The van der Waals surface area contributed by atoms with Gasteiger partial charge in [-0.05, 0) is 87.0 Å². The number of nitrogens with one attached hydrogen (secondary N) is 1. The largest absolute Gasteiger partial charge is 0.352 e. The van der Waals surface area contributed by atoms with Gasteiger partial charge in [-0.25, -0.2) is 8.42 Å². The summed E-state index contributed by atoms with van der Waals surface area (Å²) in [6, 6.07) is 20.5. The van der Waals surface area contributed by atoms with Gasteiger partial charge in [0, 0.05) is 22.0 Å². The summed E-state index contributed by atoms with van der Waals surface area (Å²) in [6.07, 6.45) is 5.91. The second-order valence-corrected chi connectivity index (χ2v) is 14.0. The Balaban J connectivity index is 1.67. The van der Waals surface area contributed by atoms with Crippen molar-refractivity contribution in [1.82, 2.24) is 10.2 Å². The molecule has 0 unspecified atom stereocenters. The summed E-state index contributed by atoms with van der Waals surface area (Å²) < 4.78 is 30.0. The van der Waals surface area contributed by atoms with E-state index in [9.17, 15) is 18.0 Å². The number of hydrogen-bond acceptors (Lipinski definition) is 5. The Kier molecular flexibility index (Phi) is 10.5. The molecule has 2 amide bonds. The molecule has 1 aliphatic rings. The number of thioether (sulfide) groups is 1. The van der Waals surface area contributed by atoms with Gasteiger partial charge in [0.05, 0.1) is 10.6 Å². The Morgan fingerprint density at radius 3 is 2.17 bits per heavy atom. The highest BCUT2D eigenvalue weighted by molar-refractivity contribution is 9.10. The molecule has 0 spiro atoms. The zero-order valence-electron chi connectivity index (χ0n) is 23.5. The molecule has 0 aromatic heterocycles. The average molecular weight is 659 g/mol. The molecule has 1 N–H and O–H groups in total. The Morgan fingerprint density at radius 2 is 1.59 bits per heavy atom. The molecule has 218 valence electrons. The van der Waals surface area contributed by atoms with Crippen molar-refractivity contribution < 1.29 is 18.0 Å². The number of amides is 2. The highest BCUT2D eigenvalue weighted by Gasteiger charge is 2.33. The third-order valence-corrected chi connectivity index (χ3v) is 10.4. The summed E-state index contributed by atoms with van der Waals surface area (Å²) in [6.45, 7) is 3.33. The molecule has 3 aromatic rings. The Labute approximate surface area is 255 Å². The zero-order valence-corrected chi connectivity index (χ0v) is 26.8. The van der Waals surface area contributed by atoms with Crippen LogP contribution < -0.4 is 9.62 Å². The molecule has 1 aliphatic carbocycles. The van der Waals surface area contributed by atoms with Crippen molar-refractivity contribution in [3.63, 3.8) is 0 Å². The van der Waals surface area contributed by atoms with Gasteiger partial charge in [-0.15, -0.1) is 11.8 Å². The first-order chi connectivity index (χ1) is 19.6. The number of benzene rings is 3. The maximum Gasteiger partial charge on any atom is 0.264 e. The van der Waals surface area contributed by atoms with Crippen LogP contribution in [0.15, 0.2) is 87.1 Å². The van der Waals surface area contributed by atoms with Crippen LogP contribution in [0.5, 0.6) is 0 Å². The van der Waals surface area contributed by atoms with Crippen molar-refractivity contribution in [2.75, 3.05) is 17.1 Å². The van der Waals surface area contributed by atoms with Gasteiger partial charge in [-0.1, -0.05) is 58.6 Å². The molecule has 1 atom stereocenters. The number of hydrogen-bond donors (Lipinski definition) is 1. The number of carbonyl (C=O) groups is 2. The standard InChI is InChI=1S/C31H36BrN3O4S2/c1-22-8-14-27(15-9-22)35(41(38,39)29-18-16-28(40-3)17-19-29)21-30(36)34(20-24-10-12-25(32)13-11-24)23(2)31(37)33-26-6-4-5-7-26/h8-19,23,26H,4-7,20-21H2,1-3H3,(H,33,37)/t23-/m0/s1. The summed E-state index contributed by atoms with van der Waals surface area (Å²) in [4.78, 5) is 29.9. The lowest BCUT2D eigenvalue weighted by molar-refractivity contribution is -0.139.